The summed E-state index contributed by atoms with van der Waals surface area (Å²) < 4.78 is 21.7. The van der Waals surface area contributed by atoms with E-state index >= 15 is 4.39 Å². The molecule has 3 atom stereocenters. The summed E-state index contributed by atoms with van der Waals surface area (Å²) in [6.07, 6.45) is -0.734. The summed E-state index contributed by atoms with van der Waals surface area (Å²) in [5.41, 5.74) is -0.667. The molecule has 0 aromatic heterocycles. The molecule has 0 aliphatic carbocycles. The molecule has 4 amide bonds. The van der Waals surface area contributed by atoms with Crippen LogP contribution < -0.4 is 15.5 Å². The number of rotatable bonds is 1. The fourth-order valence-corrected chi connectivity index (χ4v) is 5.20. The Morgan fingerprint density at radius 1 is 1.25 bits per heavy atom. The van der Waals surface area contributed by atoms with Gasteiger partial charge in [-0.25, -0.2) is 9.18 Å². The minimum atomic E-state index is -1.59. The maximum Gasteiger partial charge on any atom is 0.328 e. The van der Waals surface area contributed by atoms with E-state index in [0.717, 1.165) is 0 Å². The van der Waals surface area contributed by atoms with Gasteiger partial charge < -0.3 is 9.64 Å². The van der Waals surface area contributed by atoms with Gasteiger partial charge in [-0.05, 0) is 30.5 Å². The molecule has 0 radical (unpaired) electrons. The number of benzene rings is 1. The third-order valence-corrected chi connectivity index (χ3v) is 6.24. The summed E-state index contributed by atoms with van der Waals surface area (Å²) in [6, 6.07) is 1.52. The maximum absolute atomic E-state index is 15.0. The Bertz CT molecular complexity index is 870. The third kappa shape index (κ3) is 2.67. The molecule has 150 valence electrons. The van der Waals surface area contributed by atoms with Crippen molar-refractivity contribution in [2.24, 2.45) is 11.3 Å². The van der Waals surface area contributed by atoms with E-state index in [2.05, 4.69) is 26.6 Å². The number of nitrogens with zero attached hydrogens (tertiary/aromatic N) is 1. The highest BCUT2D eigenvalue weighted by Crippen LogP contribution is 2.49. The molecule has 0 saturated carbocycles. The van der Waals surface area contributed by atoms with E-state index in [9.17, 15) is 14.4 Å². The van der Waals surface area contributed by atoms with Crippen molar-refractivity contribution in [1.82, 2.24) is 10.6 Å². The smallest absolute Gasteiger partial charge is 0.328 e. The molecule has 1 unspecified atom stereocenters. The van der Waals surface area contributed by atoms with Crippen LogP contribution in [0.15, 0.2) is 16.6 Å². The highest BCUT2D eigenvalue weighted by Gasteiger charge is 2.64. The number of halogens is 2. The van der Waals surface area contributed by atoms with Gasteiger partial charge in [0.2, 0.25) is 11.8 Å². The van der Waals surface area contributed by atoms with Crippen molar-refractivity contribution in [2.45, 2.75) is 45.4 Å². The predicted molar refractivity (Wildman–Crippen MR) is 102 cm³/mol. The van der Waals surface area contributed by atoms with Gasteiger partial charge in [0, 0.05) is 17.4 Å². The second-order valence-electron chi connectivity index (χ2n) is 8.03. The van der Waals surface area contributed by atoms with E-state index in [-0.39, 0.29) is 18.4 Å². The van der Waals surface area contributed by atoms with Crippen molar-refractivity contribution >= 4 is 39.5 Å². The Morgan fingerprint density at radius 2 is 1.89 bits per heavy atom. The summed E-state index contributed by atoms with van der Waals surface area (Å²) in [5.74, 6) is -1.81. The molecule has 2 saturated heterocycles. The van der Waals surface area contributed by atoms with Crippen LogP contribution in [-0.2, 0) is 20.7 Å². The molecule has 3 aliphatic heterocycles. The summed E-state index contributed by atoms with van der Waals surface area (Å²) in [5, 5.41) is 4.47. The molecule has 2 N–H and O–H groups in total. The van der Waals surface area contributed by atoms with Crippen LogP contribution in [0.5, 0.6) is 0 Å². The van der Waals surface area contributed by atoms with Gasteiger partial charge in [-0.3, -0.25) is 20.2 Å². The average molecular weight is 454 g/mol. The highest BCUT2D eigenvalue weighted by atomic mass is 79.9. The van der Waals surface area contributed by atoms with Crippen LogP contribution in [0.3, 0.4) is 0 Å². The number of morpholine rings is 1. The lowest BCUT2D eigenvalue weighted by Crippen LogP contribution is -2.76. The first-order valence-electron chi connectivity index (χ1n) is 9.22. The molecule has 2 fully saturated rings. The Kier molecular flexibility index (Phi) is 4.50. The highest BCUT2D eigenvalue weighted by molar-refractivity contribution is 9.10. The Labute approximate surface area is 170 Å². The van der Waals surface area contributed by atoms with Gasteiger partial charge in [-0.15, -0.1) is 0 Å². The van der Waals surface area contributed by atoms with E-state index in [1.165, 1.54) is 6.07 Å². The Hall–Kier alpha value is -2.00. The standard InChI is InChI=1S/C19H21BrFN3O4/c1-8(2)14-15-19(16(25)22-18(27)23-17(19)26)6-10-4-11(20)5-12(21)13(10)24(15)7-9(3)28-14/h4-5,8-9,14-15H,6-7H2,1-3H3,(H2,22,23,25,26,27)/t9-,14?,15-/m1/s1. The molecular formula is C19H21BrFN3O4. The van der Waals surface area contributed by atoms with Crippen molar-refractivity contribution < 1.29 is 23.5 Å². The maximum atomic E-state index is 15.0. The largest absolute Gasteiger partial charge is 0.371 e. The number of urea groups is 1. The number of amides is 4. The van der Waals surface area contributed by atoms with Crippen molar-refractivity contribution in [1.29, 1.82) is 0 Å². The van der Waals surface area contributed by atoms with Gasteiger partial charge in [-0.2, -0.15) is 0 Å². The second-order valence-corrected chi connectivity index (χ2v) is 8.95. The van der Waals surface area contributed by atoms with Crippen molar-refractivity contribution in [2.75, 3.05) is 11.4 Å². The third-order valence-electron chi connectivity index (χ3n) is 5.78. The minimum Gasteiger partial charge on any atom is -0.371 e. The van der Waals surface area contributed by atoms with Gasteiger partial charge in [0.25, 0.3) is 0 Å². The average Bonchev–Trinajstić information content (AvgIpc) is 2.57. The molecule has 1 aromatic carbocycles. The number of carbonyl (C=O) groups excluding carboxylic acids is 3. The van der Waals surface area contributed by atoms with Crippen molar-refractivity contribution in [3.8, 4) is 0 Å². The normalized spacial score (nSPS) is 28.7. The quantitative estimate of drug-likeness (QED) is 0.635. The Morgan fingerprint density at radius 3 is 2.50 bits per heavy atom. The molecule has 4 rings (SSSR count). The molecule has 0 bridgehead atoms. The summed E-state index contributed by atoms with van der Waals surface area (Å²) >= 11 is 3.29. The van der Waals surface area contributed by atoms with Crippen LogP contribution in [0.2, 0.25) is 0 Å². The van der Waals surface area contributed by atoms with Crippen LogP contribution in [0.25, 0.3) is 0 Å². The second kappa shape index (κ2) is 6.52. The van der Waals surface area contributed by atoms with E-state index in [1.807, 2.05) is 20.8 Å². The van der Waals surface area contributed by atoms with Crippen LogP contribution >= 0.6 is 15.9 Å². The molecular weight excluding hydrogens is 433 g/mol. The molecule has 3 aliphatic rings. The first-order valence-corrected chi connectivity index (χ1v) is 10.0. The van der Waals surface area contributed by atoms with Crippen LogP contribution in [0.4, 0.5) is 14.9 Å². The zero-order valence-electron chi connectivity index (χ0n) is 15.7. The van der Waals surface area contributed by atoms with E-state index in [0.29, 0.717) is 22.3 Å². The van der Waals surface area contributed by atoms with Crippen LogP contribution in [0.1, 0.15) is 26.3 Å². The molecule has 9 heteroatoms. The number of fused-ring (bicyclic) bond motifs is 4. The van der Waals surface area contributed by atoms with E-state index in [1.54, 1.807) is 11.0 Å². The van der Waals surface area contributed by atoms with Gasteiger partial charge in [0.05, 0.1) is 23.9 Å². The molecule has 1 spiro atoms. The summed E-state index contributed by atoms with van der Waals surface area (Å²) in [7, 11) is 0. The van der Waals surface area contributed by atoms with Crippen molar-refractivity contribution in [3.05, 3.63) is 28.0 Å². The van der Waals surface area contributed by atoms with Gasteiger partial charge in [0.15, 0.2) is 5.41 Å². The SMILES string of the molecule is CC(C)C1O[C@H](C)CN2c3c(F)cc(Br)cc3CC3(C(=O)NC(=O)NC3=O)[C@@H]12. The van der Waals surface area contributed by atoms with Gasteiger partial charge in [-0.1, -0.05) is 29.8 Å². The molecule has 7 nitrogen and oxygen atoms in total. The zero-order valence-corrected chi connectivity index (χ0v) is 17.3. The number of hydrogen-bond donors (Lipinski definition) is 2. The Balaban J connectivity index is 1.97. The number of carbonyl (C=O) groups is 3. The number of nitrogens with one attached hydrogen (secondary N) is 2. The first-order chi connectivity index (χ1) is 13.1. The lowest BCUT2D eigenvalue weighted by Gasteiger charge is -2.56. The fraction of sp³-hybridized carbons (Fsp3) is 0.526. The number of ether oxygens (including phenoxy) is 1. The first kappa shape index (κ1) is 19.3. The fourth-order valence-electron chi connectivity index (χ4n) is 4.73. The van der Waals surface area contributed by atoms with Crippen LogP contribution in [0, 0.1) is 17.2 Å². The lowest BCUT2D eigenvalue weighted by molar-refractivity contribution is -0.156. The topological polar surface area (TPSA) is 87.7 Å². The predicted octanol–water partition coefficient (Wildman–Crippen LogP) is 2.11. The minimum absolute atomic E-state index is 0.0221. The van der Waals surface area contributed by atoms with Gasteiger partial charge in [0.1, 0.15) is 5.82 Å². The van der Waals surface area contributed by atoms with E-state index in [4.69, 9.17) is 4.74 Å². The van der Waals surface area contributed by atoms with Gasteiger partial charge >= 0.3 is 6.03 Å². The number of hydrogen-bond acceptors (Lipinski definition) is 5. The lowest BCUT2D eigenvalue weighted by atomic mass is 9.65. The number of barbiturate groups is 1. The monoisotopic (exact) mass is 453 g/mol. The summed E-state index contributed by atoms with van der Waals surface area (Å²) in [4.78, 5) is 39.7. The van der Waals surface area contributed by atoms with Crippen molar-refractivity contribution in [3.63, 3.8) is 0 Å². The van der Waals surface area contributed by atoms with E-state index < -0.39 is 41.2 Å². The molecule has 1 aromatic rings. The molecule has 3 heterocycles. The zero-order chi connectivity index (χ0) is 20.4. The number of imide groups is 2. The van der Waals surface area contributed by atoms with Crippen LogP contribution in [-0.4, -0.2) is 42.6 Å². The number of anilines is 1. The summed E-state index contributed by atoms with van der Waals surface area (Å²) in [6.45, 7) is 6.08. The molecule has 28 heavy (non-hydrogen) atoms.